The van der Waals surface area contributed by atoms with E-state index < -0.39 is 74.6 Å². The summed E-state index contributed by atoms with van der Waals surface area (Å²) in [7, 11) is 0. The SMILES string of the molecule is OC[C@@H]1O[C@H](O[C@H]2[C@@H](O)[C@@H](O)[C@H](O)O[C@H]2CO)[C@@H](O)[C@@H](O)[C@@H]1O. The Kier molecular flexibility index (Phi) is 6.27. The summed E-state index contributed by atoms with van der Waals surface area (Å²) in [4.78, 5) is 0. The van der Waals surface area contributed by atoms with Crippen molar-refractivity contribution in [3.05, 3.63) is 0 Å². The number of hydrogen-bond acceptors (Lipinski definition) is 11. The van der Waals surface area contributed by atoms with Crippen LogP contribution in [-0.2, 0) is 14.2 Å². The third-order valence-electron chi connectivity index (χ3n) is 3.98. The maximum atomic E-state index is 9.94. The van der Waals surface area contributed by atoms with Crippen LogP contribution in [-0.4, -0.2) is 115 Å². The minimum atomic E-state index is -1.74. The molecule has 0 amide bonds. The van der Waals surface area contributed by atoms with E-state index in [4.69, 9.17) is 19.3 Å². The maximum absolute atomic E-state index is 9.94. The first-order valence-corrected chi connectivity index (χ1v) is 7.08. The highest BCUT2D eigenvalue weighted by Crippen LogP contribution is 2.28. The van der Waals surface area contributed by atoms with Crippen molar-refractivity contribution in [2.45, 2.75) is 61.4 Å². The molecule has 2 rings (SSSR count). The van der Waals surface area contributed by atoms with Crippen LogP contribution in [0.5, 0.6) is 0 Å². The maximum Gasteiger partial charge on any atom is 0.187 e. The number of aliphatic hydroxyl groups is 8. The smallest absolute Gasteiger partial charge is 0.187 e. The molecule has 0 aromatic heterocycles. The first-order valence-electron chi connectivity index (χ1n) is 7.08. The second-order valence-electron chi connectivity index (χ2n) is 5.53. The normalized spacial score (nSPS) is 51.7. The lowest BCUT2D eigenvalue weighted by molar-refractivity contribution is -0.355. The second kappa shape index (κ2) is 7.63. The molecule has 0 radical (unpaired) electrons. The van der Waals surface area contributed by atoms with Crippen LogP contribution in [0.15, 0.2) is 0 Å². The van der Waals surface area contributed by atoms with E-state index in [1.165, 1.54) is 0 Å². The lowest BCUT2D eigenvalue weighted by Crippen LogP contribution is -2.64. The highest BCUT2D eigenvalue weighted by Gasteiger charge is 2.50. The second-order valence-corrected chi connectivity index (χ2v) is 5.53. The molecule has 10 atom stereocenters. The molecule has 0 bridgehead atoms. The molecule has 2 saturated heterocycles. The minimum absolute atomic E-state index is 0.667. The summed E-state index contributed by atoms with van der Waals surface area (Å²) in [6, 6.07) is 0. The molecule has 11 heteroatoms. The summed E-state index contributed by atoms with van der Waals surface area (Å²) in [5.74, 6) is 0. The van der Waals surface area contributed by atoms with E-state index in [-0.39, 0.29) is 0 Å². The first-order chi connectivity index (χ1) is 10.8. The molecule has 11 nitrogen and oxygen atoms in total. The average molecular weight is 342 g/mol. The predicted molar refractivity (Wildman–Crippen MR) is 68.6 cm³/mol. The topological polar surface area (TPSA) is 190 Å². The van der Waals surface area contributed by atoms with E-state index in [1.54, 1.807) is 0 Å². The minimum Gasteiger partial charge on any atom is -0.394 e. The van der Waals surface area contributed by atoms with Gasteiger partial charge in [-0.25, -0.2) is 0 Å². The van der Waals surface area contributed by atoms with Crippen molar-refractivity contribution in [1.82, 2.24) is 0 Å². The van der Waals surface area contributed by atoms with Crippen molar-refractivity contribution < 1.29 is 55.1 Å². The summed E-state index contributed by atoms with van der Waals surface area (Å²) >= 11 is 0. The summed E-state index contributed by atoms with van der Waals surface area (Å²) in [5.41, 5.74) is 0. The molecule has 8 N–H and O–H groups in total. The van der Waals surface area contributed by atoms with Crippen molar-refractivity contribution in [3.63, 3.8) is 0 Å². The Labute approximate surface area is 130 Å². The van der Waals surface area contributed by atoms with Crippen LogP contribution in [0.4, 0.5) is 0 Å². The lowest BCUT2D eigenvalue weighted by atomic mass is 9.97. The molecule has 0 aromatic rings. The predicted octanol–water partition coefficient (Wildman–Crippen LogP) is -5.40. The average Bonchev–Trinajstić information content (AvgIpc) is 2.55. The van der Waals surface area contributed by atoms with E-state index in [1.807, 2.05) is 0 Å². The van der Waals surface area contributed by atoms with E-state index in [2.05, 4.69) is 0 Å². The van der Waals surface area contributed by atoms with Gasteiger partial charge in [0.2, 0.25) is 0 Å². The molecule has 0 unspecified atom stereocenters. The van der Waals surface area contributed by atoms with Gasteiger partial charge in [-0.3, -0.25) is 0 Å². The van der Waals surface area contributed by atoms with Gasteiger partial charge in [0.1, 0.15) is 48.8 Å². The Balaban J connectivity index is 2.11. The Hall–Kier alpha value is -0.440. The molecule has 2 aliphatic heterocycles. The summed E-state index contributed by atoms with van der Waals surface area (Å²) < 4.78 is 15.3. The van der Waals surface area contributed by atoms with Gasteiger partial charge in [-0.2, -0.15) is 0 Å². The zero-order valence-electron chi connectivity index (χ0n) is 12.0. The van der Waals surface area contributed by atoms with Crippen LogP contribution in [0.1, 0.15) is 0 Å². The molecule has 2 fully saturated rings. The zero-order valence-corrected chi connectivity index (χ0v) is 12.0. The van der Waals surface area contributed by atoms with Crippen LogP contribution in [0.2, 0.25) is 0 Å². The molecular formula is C12H22O11. The van der Waals surface area contributed by atoms with Crippen molar-refractivity contribution in [1.29, 1.82) is 0 Å². The Morgan fingerprint density at radius 3 is 1.83 bits per heavy atom. The largest absolute Gasteiger partial charge is 0.394 e. The van der Waals surface area contributed by atoms with Crippen LogP contribution < -0.4 is 0 Å². The summed E-state index contributed by atoms with van der Waals surface area (Å²) in [5, 5.41) is 76.5. The van der Waals surface area contributed by atoms with E-state index in [0.717, 1.165) is 0 Å². The third kappa shape index (κ3) is 3.65. The van der Waals surface area contributed by atoms with Gasteiger partial charge in [0, 0.05) is 0 Å². The van der Waals surface area contributed by atoms with Gasteiger partial charge < -0.3 is 55.1 Å². The Morgan fingerprint density at radius 2 is 1.26 bits per heavy atom. The highest BCUT2D eigenvalue weighted by atomic mass is 16.7. The molecule has 0 aliphatic carbocycles. The van der Waals surface area contributed by atoms with E-state index in [0.29, 0.717) is 0 Å². The van der Waals surface area contributed by atoms with Crippen molar-refractivity contribution in [2.75, 3.05) is 13.2 Å². The molecule has 0 saturated carbocycles. The van der Waals surface area contributed by atoms with E-state index in [9.17, 15) is 35.7 Å². The molecule has 136 valence electrons. The molecule has 2 aliphatic rings. The van der Waals surface area contributed by atoms with Gasteiger partial charge in [0.25, 0.3) is 0 Å². The van der Waals surface area contributed by atoms with E-state index >= 15 is 0 Å². The highest BCUT2D eigenvalue weighted by molar-refractivity contribution is 4.93. The van der Waals surface area contributed by atoms with Gasteiger partial charge >= 0.3 is 0 Å². The zero-order chi connectivity index (χ0) is 17.3. The number of ether oxygens (including phenoxy) is 3. The number of aliphatic hydroxyl groups excluding tert-OH is 8. The van der Waals surface area contributed by atoms with Crippen molar-refractivity contribution in [2.24, 2.45) is 0 Å². The summed E-state index contributed by atoms with van der Waals surface area (Å²) in [6.07, 6.45) is -15.6. The van der Waals surface area contributed by atoms with Gasteiger partial charge in [-0.15, -0.1) is 0 Å². The van der Waals surface area contributed by atoms with Crippen molar-refractivity contribution >= 4 is 0 Å². The van der Waals surface area contributed by atoms with Gasteiger partial charge in [0.15, 0.2) is 12.6 Å². The quantitative estimate of drug-likeness (QED) is 0.243. The Bertz CT molecular complexity index is 378. The van der Waals surface area contributed by atoms with Crippen LogP contribution in [0, 0.1) is 0 Å². The lowest BCUT2D eigenvalue weighted by Gasteiger charge is -2.45. The fourth-order valence-electron chi connectivity index (χ4n) is 2.57. The monoisotopic (exact) mass is 342 g/mol. The molecule has 0 aromatic carbocycles. The van der Waals surface area contributed by atoms with Crippen LogP contribution >= 0.6 is 0 Å². The fourth-order valence-corrected chi connectivity index (χ4v) is 2.57. The fraction of sp³-hybridized carbons (Fsp3) is 1.00. The Morgan fingerprint density at radius 1 is 0.652 bits per heavy atom. The van der Waals surface area contributed by atoms with Gasteiger partial charge in [-0.1, -0.05) is 0 Å². The van der Waals surface area contributed by atoms with Crippen LogP contribution in [0.25, 0.3) is 0 Å². The summed E-state index contributed by atoms with van der Waals surface area (Å²) in [6.45, 7) is -1.35. The van der Waals surface area contributed by atoms with Gasteiger partial charge in [-0.05, 0) is 0 Å². The first kappa shape index (κ1) is 18.9. The van der Waals surface area contributed by atoms with Crippen LogP contribution in [0.3, 0.4) is 0 Å². The van der Waals surface area contributed by atoms with Crippen molar-refractivity contribution in [3.8, 4) is 0 Å². The molecular weight excluding hydrogens is 320 g/mol. The van der Waals surface area contributed by atoms with Gasteiger partial charge in [0.05, 0.1) is 13.2 Å². The standard InChI is InChI=1S/C12H22O11/c13-1-3-5(15)6(16)9(19)12(22-3)23-10-4(2-14)21-11(20)8(18)7(10)17/h3-20H,1-2H2/t3-,4-,5+,6-,7-,8+,9-,10+,11+,12+/m0/s1. The molecule has 2 heterocycles. The number of hydrogen-bond donors (Lipinski definition) is 8. The third-order valence-corrected chi connectivity index (χ3v) is 3.98. The molecule has 0 spiro atoms. The number of rotatable bonds is 4. The molecule has 23 heavy (non-hydrogen) atoms.